The summed E-state index contributed by atoms with van der Waals surface area (Å²) in [5.74, 6) is 0.664. The number of benzene rings is 7. The Bertz CT molecular complexity index is 2770. The fraction of sp³-hybridized carbons (Fsp3) is 0. The van der Waals surface area contributed by atoms with E-state index in [1.165, 1.54) is 26.9 Å². The number of para-hydroxylation sites is 3. The molecular formula is C40H23N3O. The van der Waals surface area contributed by atoms with E-state index < -0.39 is 0 Å². The average Bonchev–Trinajstić information content (AvgIpc) is 3.64. The largest absolute Gasteiger partial charge is 0.456 e. The molecule has 0 amide bonds. The molecule has 44 heavy (non-hydrogen) atoms. The Hall–Kier alpha value is -6.00. The van der Waals surface area contributed by atoms with Gasteiger partial charge in [-0.2, -0.15) is 0 Å². The van der Waals surface area contributed by atoms with Crippen molar-refractivity contribution in [3.05, 3.63) is 140 Å². The molecule has 0 unspecified atom stereocenters. The van der Waals surface area contributed by atoms with Gasteiger partial charge in [0.1, 0.15) is 11.2 Å². The van der Waals surface area contributed by atoms with Crippen molar-refractivity contribution >= 4 is 76.2 Å². The maximum Gasteiger partial charge on any atom is 0.235 e. The molecule has 0 saturated heterocycles. The summed E-state index contributed by atoms with van der Waals surface area (Å²) >= 11 is 0. The minimum Gasteiger partial charge on any atom is -0.456 e. The number of hydrogen-bond donors (Lipinski definition) is 0. The van der Waals surface area contributed by atoms with Gasteiger partial charge in [-0.15, -0.1) is 0 Å². The molecule has 4 heteroatoms. The molecule has 7 aromatic carbocycles. The molecular weight excluding hydrogens is 538 g/mol. The minimum absolute atomic E-state index is 0.664. The Balaban J connectivity index is 1.35. The molecule has 0 N–H and O–H groups in total. The lowest BCUT2D eigenvalue weighted by Gasteiger charge is -2.13. The molecule has 0 fully saturated rings. The van der Waals surface area contributed by atoms with Crippen molar-refractivity contribution in [1.82, 2.24) is 14.5 Å². The molecule has 10 aromatic rings. The van der Waals surface area contributed by atoms with Crippen LogP contribution in [0.15, 0.2) is 144 Å². The Labute approximate surface area is 251 Å². The van der Waals surface area contributed by atoms with Gasteiger partial charge in [0.2, 0.25) is 5.95 Å². The van der Waals surface area contributed by atoms with Crippen molar-refractivity contribution in [3.63, 3.8) is 0 Å². The van der Waals surface area contributed by atoms with Crippen molar-refractivity contribution in [1.29, 1.82) is 0 Å². The van der Waals surface area contributed by atoms with Gasteiger partial charge in [-0.05, 0) is 40.4 Å². The zero-order chi connectivity index (χ0) is 28.8. The molecule has 4 nitrogen and oxygen atoms in total. The maximum absolute atomic E-state index is 6.22. The molecule has 0 spiro atoms. The van der Waals surface area contributed by atoms with Gasteiger partial charge in [0.25, 0.3) is 0 Å². The van der Waals surface area contributed by atoms with Crippen LogP contribution in [0.4, 0.5) is 0 Å². The van der Waals surface area contributed by atoms with Gasteiger partial charge in [0.05, 0.1) is 22.2 Å². The lowest BCUT2D eigenvalue weighted by molar-refractivity contribution is 0.669. The highest BCUT2D eigenvalue weighted by Crippen LogP contribution is 2.42. The molecule has 10 rings (SSSR count). The normalized spacial score (nSPS) is 12.1. The van der Waals surface area contributed by atoms with E-state index in [9.17, 15) is 0 Å². The first-order valence-electron chi connectivity index (χ1n) is 14.8. The van der Waals surface area contributed by atoms with Crippen LogP contribution in [0.3, 0.4) is 0 Å². The van der Waals surface area contributed by atoms with E-state index in [1.807, 2.05) is 24.3 Å². The number of aromatic nitrogens is 3. The van der Waals surface area contributed by atoms with Crippen LogP contribution in [-0.4, -0.2) is 14.5 Å². The second-order valence-corrected chi connectivity index (χ2v) is 11.4. The first kappa shape index (κ1) is 23.6. The summed E-state index contributed by atoms with van der Waals surface area (Å²) in [6.07, 6.45) is 0. The van der Waals surface area contributed by atoms with E-state index in [0.717, 1.165) is 60.5 Å². The van der Waals surface area contributed by atoms with Gasteiger partial charge < -0.3 is 4.42 Å². The van der Waals surface area contributed by atoms with E-state index in [2.05, 4.69) is 120 Å². The molecule has 0 saturated carbocycles. The number of hydrogen-bond acceptors (Lipinski definition) is 3. The molecule has 3 heterocycles. The van der Waals surface area contributed by atoms with E-state index >= 15 is 0 Å². The van der Waals surface area contributed by atoms with Crippen LogP contribution in [0, 0.1) is 0 Å². The standard InChI is InChI=1S/C40H23N3O/c1-2-10-24(11-3-1)38-31-13-4-7-15-33(31)41-40(42-38)43-34-16-8-5-12-27(34)30-20-18-26-25-22-23-36-37(28(25)19-21-29(26)39(30)43)32-14-6-9-17-35(32)44-36/h1-23H. The topological polar surface area (TPSA) is 43.9 Å². The van der Waals surface area contributed by atoms with Crippen LogP contribution in [0.2, 0.25) is 0 Å². The predicted molar refractivity (Wildman–Crippen MR) is 182 cm³/mol. The third-order valence-corrected chi connectivity index (χ3v) is 9.00. The monoisotopic (exact) mass is 561 g/mol. The van der Waals surface area contributed by atoms with Crippen LogP contribution < -0.4 is 0 Å². The molecule has 0 aliphatic carbocycles. The third-order valence-electron chi connectivity index (χ3n) is 9.00. The summed E-state index contributed by atoms with van der Waals surface area (Å²) in [4.78, 5) is 10.5. The summed E-state index contributed by atoms with van der Waals surface area (Å²) in [5.41, 5.74) is 6.93. The van der Waals surface area contributed by atoms with Crippen LogP contribution in [0.1, 0.15) is 0 Å². The van der Waals surface area contributed by atoms with Gasteiger partial charge in [-0.25, -0.2) is 9.97 Å². The average molecular weight is 562 g/mol. The number of furan rings is 1. The van der Waals surface area contributed by atoms with Gasteiger partial charge in [0, 0.05) is 37.9 Å². The Kier molecular flexibility index (Phi) is 4.69. The second-order valence-electron chi connectivity index (χ2n) is 11.4. The quantitative estimate of drug-likeness (QED) is 0.197. The molecule has 0 radical (unpaired) electrons. The molecule has 3 aromatic heterocycles. The Morgan fingerprint density at radius 2 is 1.07 bits per heavy atom. The lowest BCUT2D eigenvalue weighted by Crippen LogP contribution is -2.03. The highest BCUT2D eigenvalue weighted by Gasteiger charge is 2.20. The lowest BCUT2D eigenvalue weighted by atomic mass is 9.96. The number of nitrogens with zero attached hydrogens (tertiary/aromatic N) is 3. The van der Waals surface area contributed by atoms with E-state index in [1.54, 1.807) is 0 Å². The van der Waals surface area contributed by atoms with E-state index in [4.69, 9.17) is 14.4 Å². The molecule has 0 aliphatic heterocycles. The highest BCUT2D eigenvalue weighted by molar-refractivity contribution is 6.28. The van der Waals surface area contributed by atoms with Crippen molar-refractivity contribution < 1.29 is 4.42 Å². The van der Waals surface area contributed by atoms with Gasteiger partial charge in [-0.3, -0.25) is 4.57 Å². The summed E-state index contributed by atoms with van der Waals surface area (Å²) in [6.45, 7) is 0. The molecule has 0 bridgehead atoms. The zero-order valence-corrected chi connectivity index (χ0v) is 23.5. The number of rotatable bonds is 2. The fourth-order valence-electron chi connectivity index (χ4n) is 7.09. The smallest absolute Gasteiger partial charge is 0.235 e. The van der Waals surface area contributed by atoms with Gasteiger partial charge in [-0.1, -0.05) is 115 Å². The van der Waals surface area contributed by atoms with Crippen molar-refractivity contribution in [2.24, 2.45) is 0 Å². The maximum atomic E-state index is 6.22. The van der Waals surface area contributed by atoms with Crippen molar-refractivity contribution in [2.45, 2.75) is 0 Å². The second kappa shape index (κ2) is 8.76. The van der Waals surface area contributed by atoms with Crippen LogP contribution in [-0.2, 0) is 0 Å². The molecule has 204 valence electrons. The molecule has 0 aliphatic rings. The minimum atomic E-state index is 0.664. The summed E-state index contributed by atoms with van der Waals surface area (Å²) < 4.78 is 8.48. The Morgan fingerprint density at radius 3 is 1.95 bits per heavy atom. The van der Waals surface area contributed by atoms with E-state index in [0.29, 0.717) is 5.95 Å². The fourth-order valence-corrected chi connectivity index (χ4v) is 7.09. The first-order valence-corrected chi connectivity index (χ1v) is 14.8. The van der Waals surface area contributed by atoms with Crippen LogP contribution >= 0.6 is 0 Å². The van der Waals surface area contributed by atoms with Gasteiger partial charge in [0.15, 0.2) is 0 Å². The first-order chi connectivity index (χ1) is 21.8. The third kappa shape index (κ3) is 3.17. The zero-order valence-electron chi connectivity index (χ0n) is 23.5. The number of fused-ring (bicyclic) bond motifs is 12. The highest BCUT2D eigenvalue weighted by atomic mass is 16.3. The van der Waals surface area contributed by atoms with Gasteiger partial charge >= 0.3 is 0 Å². The van der Waals surface area contributed by atoms with Crippen molar-refractivity contribution in [2.75, 3.05) is 0 Å². The van der Waals surface area contributed by atoms with E-state index in [-0.39, 0.29) is 0 Å². The SMILES string of the molecule is c1ccc(-c2nc(-n3c4ccccc4c4ccc5c6ccc7oc8ccccc8c7c6ccc5c43)nc3ccccc23)cc1. The van der Waals surface area contributed by atoms with Crippen LogP contribution in [0.5, 0.6) is 0 Å². The van der Waals surface area contributed by atoms with Crippen molar-refractivity contribution in [3.8, 4) is 17.2 Å². The summed E-state index contributed by atoms with van der Waals surface area (Å²) in [6, 6.07) is 48.9. The Morgan fingerprint density at radius 1 is 0.432 bits per heavy atom. The summed E-state index contributed by atoms with van der Waals surface area (Å²) in [7, 11) is 0. The predicted octanol–water partition coefficient (Wildman–Crippen LogP) is 10.6. The summed E-state index contributed by atoms with van der Waals surface area (Å²) in [5, 5.41) is 10.4. The molecule has 0 atom stereocenters. The van der Waals surface area contributed by atoms with Crippen LogP contribution in [0.25, 0.3) is 93.4 Å².